The van der Waals surface area contributed by atoms with E-state index in [9.17, 15) is 4.79 Å². The molecule has 1 amide bonds. The number of ether oxygens (including phenoxy) is 1. The minimum atomic E-state index is -0.294. The molecule has 4 nitrogen and oxygen atoms in total. The molecule has 3 rings (SSSR count). The highest BCUT2D eigenvalue weighted by Gasteiger charge is 2.11. The van der Waals surface area contributed by atoms with Crippen LogP contribution in [0.15, 0.2) is 90.0 Å². The maximum atomic E-state index is 12.4. The molecule has 0 fully saturated rings. The average Bonchev–Trinajstić information content (AvgIpc) is 2.71. The van der Waals surface area contributed by atoms with Gasteiger partial charge in [0.25, 0.3) is 5.91 Å². The predicted molar refractivity (Wildman–Crippen MR) is 103 cm³/mol. The van der Waals surface area contributed by atoms with Crippen molar-refractivity contribution >= 4 is 12.1 Å². The summed E-state index contributed by atoms with van der Waals surface area (Å²) in [5, 5.41) is 4.02. The summed E-state index contributed by atoms with van der Waals surface area (Å²) in [7, 11) is 0. The number of hydrogen-bond acceptors (Lipinski definition) is 3. The molecule has 0 aromatic heterocycles. The highest BCUT2D eigenvalue weighted by Crippen LogP contribution is 2.19. The van der Waals surface area contributed by atoms with Crippen molar-refractivity contribution in [3.8, 4) is 5.75 Å². The Morgan fingerprint density at radius 2 is 1.46 bits per heavy atom. The van der Waals surface area contributed by atoms with Crippen LogP contribution in [0, 0.1) is 0 Å². The molecule has 0 unspecified atom stereocenters. The first kappa shape index (κ1) is 17.4. The van der Waals surface area contributed by atoms with Crippen LogP contribution in [0.5, 0.6) is 5.75 Å². The largest absolute Gasteiger partial charge is 0.488 e. The van der Waals surface area contributed by atoms with Crippen LogP contribution in [-0.2, 0) is 13.0 Å². The standard InChI is InChI=1S/C22H20N2O2/c25-22(24-23-16-15-18-9-3-1-4-10-18)20-13-7-8-14-21(20)26-17-19-11-5-2-6-12-19/h1-14,16H,15,17H2,(H,24,25). The molecule has 26 heavy (non-hydrogen) atoms. The van der Waals surface area contributed by atoms with Crippen LogP contribution in [0.2, 0.25) is 0 Å². The number of benzene rings is 3. The Morgan fingerprint density at radius 3 is 2.19 bits per heavy atom. The topological polar surface area (TPSA) is 50.7 Å². The van der Waals surface area contributed by atoms with Gasteiger partial charge < -0.3 is 4.74 Å². The van der Waals surface area contributed by atoms with Gasteiger partial charge in [-0.3, -0.25) is 4.79 Å². The molecule has 0 bridgehead atoms. The summed E-state index contributed by atoms with van der Waals surface area (Å²) >= 11 is 0. The Morgan fingerprint density at radius 1 is 0.846 bits per heavy atom. The van der Waals surface area contributed by atoms with E-state index < -0.39 is 0 Å². The maximum absolute atomic E-state index is 12.4. The van der Waals surface area contributed by atoms with Crippen LogP contribution in [0.1, 0.15) is 21.5 Å². The Labute approximate surface area is 153 Å². The Bertz CT molecular complexity index is 862. The fourth-order valence-corrected chi connectivity index (χ4v) is 2.45. The Hall–Kier alpha value is -3.40. The van der Waals surface area contributed by atoms with Gasteiger partial charge in [-0.25, -0.2) is 5.43 Å². The van der Waals surface area contributed by atoms with Crippen molar-refractivity contribution in [1.29, 1.82) is 0 Å². The number of carbonyl (C=O) groups is 1. The van der Waals surface area contributed by atoms with Gasteiger partial charge in [0.05, 0.1) is 5.56 Å². The van der Waals surface area contributed by atoms with E-state index in [1.165, 1.54) is 0 Å². The van der Waals surface area contributed by atoms with E-state index in [2.05, 4.69) is 10.5 Å². The lowest BCUT2D eigenvalue weighted by Gasteiger charge is -2.10. The second-order valence-electron chi connectivity index (χ2n) is 5.71. The zero-order valence-electron chi connectivity index (χ0n) is 14.3. The molecule has 0 radical (unpaired) electrons. The molecule has 3 aromatic rings. The monoisotopic (exact) mass is 344 g/mol. The fourth-order valence-electron chi connectivity index (χ4n) is 2.45. The summed E-state index contributed by atoms with van der Waals surface area (Å²) in [6.45, 7) is 0.405. The summed E-state index contributed by atoms with van der Waals surface area (Å²) in [6.07, 6.45) is 2.34. The molecular formula is C22H20N2O2. The van der Waals surface area contributed by atoms with Gasteiger partial charge in [-0.1, -0.05) is 72.8 Å². The minimum absolute atomic E-state index is 0.294. The first-order valence-corrected chi connectivity index (χ1v) is 8.44. The van der Waals surface area contributed by atoms with Crippen LogP contribution in [-0.4, -0.2) is 12.1 Å². The van der Waals surface area contributed by atoms with Gasteiger partial charge in [0, 0.05) is 12.6 Å². The normalized spacial score (nSPS) is 10.6. The average molecular weight is 344 g/mol. The zero-order valence-corrected chi connectivity index (χ0v) is 14.3. The lowest BCUT2D eigenvalue weighted by molar-refractivity contribution is 0.0950. The number of para-hydroxylation sites is 1. The first-order valence-electron chi connectivity index (χ1n) is 8.44. The number of hydrogen-bond donors (Lipinski definition) is 1. The smallest absolute Gasteiger partial charge is 0.275 e. The number of carbonyl (C=O) groups excluding carboxylic acids is 1. The highest BCUT2D eigenvalue weighted by atomic mass is 16.5. The molecule has 0 aliphatic heterocycles. The SMILES string of the molecule is O=C(NN=CCc1ccccc1)c1ccccc1OCc1ccccc1. The maximum Gasteiger partial charge on any atom is 0.275 e. The third-order valence-corrected chi connectivity index (χ3v) is 3.80. The van der Waals surface area contributed by atoms with E-state index in [1.54, 1.807) is 24.4 Å². The fraction of sp³-hybridized carbons (Fsp3) is 0.0909. The van der Waals surface area contributed by atoms with E-state index in [0.717, 1.165) is 11.1 Å². The van der Waals surface area contributed by atoms with Gasteiger partial charge in [-0.15, -0.1) is 0 Å². The Balaban J connectivity index is 1.58. The van der Waals surface area contributed by atoms with Gasteiger partial charge in [0.1, 0.15) is 12.4 Å². The summed E-state index contributed by atoms with van der Waals surface area (Å²) < 4.78 is 5.81. The molecule has 130 valence electrons. The summed E-state index contributed by atoms with van der Waals surface area (Å²) in [6, 6.07) is 26.9. The number of amides is 1. The molecule has 0 heterocycles. The first-order chi connectivity index (χ1) is 12.8. The van der Waals surface area contributed by atoms with Crippen LogP contribution < -0.4 is 10.2 Å². The number of hydrazone groups is 1. The molecule has 1 N–H and O–H groups in total. The van der Waals surface area contributed by atoms with Gasteiger partial charge in [0.15, 0.2) is 0 Å². The molecular weight excluding hydrogens is 324 g/mol. The zero-order chi connectivity index (χ0) is 18.0. The molecule has 0 aliphatic rings. The van der Waals surface area contributed by atoms with Crippen LogP contribution in [0.25, 0.3) is 0 Å². The van der Waals surface area contributed by atoms with E-state index in [0.29, 0.717) is 24.3 Å². The van der Waals surface area contributed by atoms with E-state index in [1.807, 2.05) is 66.7 Å². The lowest BCUT2D eigenvalue weighted by Crippen LogP contribution is -2.18. The van der Waals surface area contributed by atoms with Gasteiger partial charge >= 0.3 is 0 Å². The number of nitrogens with zero attached hydrogens (tertiary/aromatic N) is 1. The van der Waals surface area contributed by atoms with Gasteiger partial charge in [0.2, 0.25) is 0 Å². The number of rotatable bonds is 7. The lowest BCUT2D eigenvalue weighted by atomic mass is 10.2. The third kappa shape index (κ3) is 5.05. The summed E-state index contributed by atoms with van der Waals surface area (Å²) in [5.41, 5.74) is 5.20. The molecule has 0 saturated heterocycles. The van der Waals surface area contributed by atoms with Crippen molar-refractivity contribution < 1.29 is 9.53 Å². The van der Waals surface area contributed by atoms with Gasteiger partial charge in [-0.05, 0) is 23.3 Å². The summed E-state index contributed by atoms with van der Waals surface area (Å²) in [5.74, 6) is 0.241. The van der Waals surface area contributed by atoms with Crippen LogP contribution in [0.4, 0.5) is 0 Å². The van der Waals surface area contributed by atoms with Crippen LogP contribution >= 0.6 is 0 Å². The van der Waals surface area contributed by atoms with Crippen molar-refractivity contribution in [2.75, 3.05) is 0 Å². The van der Waals surface area contributed by atoms with Crippen molar-refractivity contribution in [2.45, 2.75) is 13.0 Å². The van der Waals surface area contributed by atoms with E-state index in [-0.39, 0.29) is 5.91 Å². The third-order valence-electron chi connectivity index (χ3n) is 3.80. The molecule has 0 spiro atoms. The molecule has 0 atom stereocenters. The van der Waals surface area contributed by atoms with Crippen LogP contribution in [0.3, 0.4) is 0 Å². The Kier molecular flexibility index (Phi) is 6.15. The van der Waals surface area contributed by atoms with E-state index >= 15 is 0 Å². The van der Waals surface area contributed by atoms with Crippen molar-refractivity contribution in [1.82, 2.24) is 5.43 Å². The number of nitrogens with one attached hydrogen (secondary N) is 1. The predicted octanol–water partition coefficient (Wildman–Crippen LogP) is 4.22. The van der Waals surface area contributed by atoms with Crippen molar-refractivity contribution in [2.24, 2.45) is 5.10 Å². The second-order valence-corrected chi connectivity index (χ2v) is 5.71. The second kappa shape index (κ2) is 9.18. The summed E-state index contributed by atoms with van der Waals surface area (Å²) in [4.78, 5) is 12.4. The minimum Gasteiger partial charge on any atom is -0.488 e. The molecule has 3 aromatic carbocycles. The quantitative estimate of drug-likeness (QED) is 0.515. The molecule has 0 aliphatic carbocycles. The molecule has 4 heteroatoms. The highest BCUT2D eigenvalue weighted by molar-refractivity contribution is 5.97. The van der Waals surface area contributed by atoms with E-state index in [4.69, 9.17) is 4.74 Å². The van der Waals surface area contributed by atoms with Crippen molar-refractivity contribution in [3.63, 3.8) is 0 Å². The van der Waals surface area contributed by atoms with Gasteiger partial charge in [-0.2, -0.15) is 5.10 Å². The van der Waals surface area contributed by atoms with Crippen molar-refractivity contribution in [3.05, 3.63) is 102 Å². The molecule has 0 saturated carbocycles.